The Bertz CT molecular complexity index is 563. The number of guanidine groups is 1. The predicted molar refractivity (Wildman–Crippen MR) is 82.8 cm³/mol. The molecule has 0 fully saturated rings. The zero-order valence-electron chi connectivity index (χ0n) is 12.5. The maximum atomic E-state index is 8.51. The van der Waals surface area contributed by atoms with Crippen molar-refractivity contribution in [1.29, 1.82) is 10.7 Å². The summed E-state index contributed by atoms with van der Waals surface area (Å²) in [5.74, 6) is 0.616. The summed E-state index contributed by atoms with van der Waals surface area (Å²) in [4.78, 5) is 8.36. The molecule has 1 rings (SSSR count). The van der Waals surface area contributed by atoms with Crippen LogP contribution in [0.1, 0.15) is 18.9 Å². The summed E-state index contributed by atoms with van der Waals surface area (Å²) < 4.78 is 5.33. The van der Waals surface area contributed by atoms with Crippen LogP contribution in [0.5, 0.6) is 5.75 Å². The highest BCUT2D eigenvalue weighted by Gasteiger charge is 2.02. The lowest BCUT2D eigenvalue weighted by molar-refractivity contribution is -0.742. The highest BCUT2D eigenvalue weighted by Crippen LogP contribution is 2.10. The first-order valence-corrected chi connectivity index (χ1v) is 6.49. The van der Waals surface area contributed by atoms with Crippen molar-refractivity contribution in [2.45, 2.75) is 13.3 Å². The fourth-order valence-corrected chi connectivity index (χ4v) is 1.35. The van der Waals surface area contributed by atoms with Crippen LogP contribution in [0.3, 0.4) is 0 Å². The van der Waals surface area contributed by atoms with Crippen LogP contribution < -0.4 is 10.5 Å². The molecule has 10 nitrogen and oxygen atoms in total. The van der Waals surface area contributed by atoms with Gasteiger partial charge in [0.1, 0.15) is 5.75 Å². The van der Waals surface area contributed by atoms with Crippen LogP contribution in [-0.4, -0.2) is 40.6 Å². The highest BCUT2D eigenvalue weighted by molar-refractivity contribution is 5.82. The molecule has 0 spiro atoms. The van der Waals surface area contributed by atoms with Gasteiger partial charge in [-0.15, -0.1) is 10.1 Å². The minimum absolute atomic E-state index is 0.183. The molecule has 0 amide bonds. The summed E-state index contributed by atoms with van der Waals surface area (Å²) in [6.07, 6.45) is 1.86. The second-order valence-electron chi connectivity index (χ2n) is 3.90. The lowest BCUT2D eigenvalue weighted by Crippen LogP contribution is -2.32. The van der Waals surface area contributed by atoms with Gasteiger partial charge in [-0.1, -0.05) is 0 Å². The minimum atomic E-state index is -1.50. The monoisotopic (exact) mass is 322 g/mol. The molecule has 0 aliphatic rings. The molecular formula is C13H18N6O4. The maximum absolute atomic E-state index is 8.51. The number of benzene rings is 1. The lowest BCUT2D eigenvalue weighted by Gasteiger charge is -2.14. The van der Waals surface area contributed by atoms with E-state index in [9.17, 15) is 0 Å². The van der Waals surface area contributed by atoms with Crippen molar-refractivity contribution in [3.63, 3.8) is 0 Å². The Kier molecular flexibility index (Phi) is 9.68. The smallest absolute Gasteiger partial charge is 0.291 e. The van der Waals surface area contributed by atoms with E-state index in [0.29, 0.717) is 13.2 Å². The van der Waals surface area contributed by atoms with Crippen molar-refractivity contribution in [3.8, 4) is 11.8 Å². The summed E-state index contributed by atoms with van der Waals surface area (Å²) >= 11 is 0. The third-order valence-corrected chi connectivity index (χ3v) is 2.25. The van der Waals surface area contributed by atoms with E-state index in [-0.39, 0.29) is 12.4 Å². The van der Waals surface area contributed by atoms with Gasteiger partial charge in [-0.2, -0.15) is 10.4 Å². The predicted octanol–water partition coefficient (Wildman–Crippen LogP) is 1.18. The van der Waals surface area contributed by atoms with E-state index in [4.69, 9.17) is 36.5 Å². The fraction of sp³-hybridized carbons (Fsp3) is 0.308. The first-order chi connectivity index (χ1) is 10.9. The lowest BCUT2D eigenvalue weighted by atomic mass is 10.2. The number of nitrogens with one attached hydrogen (secondary N) is 1. The molecule has 0 heterocycles. The number of hydrogen-bond acceptors (Lipinski definition) is 6. The van der Waals surface area contributed by atoms with Crippen LogP contribution in [0.2, 0.25) is 0 Å². The van der Waals surface area contributed by atoms with Gasteiger partial charge in [0.2, 0.25) is 5.96 Å². The molecule has 10 heteroatoms. The van der Waals surface area contributed by atoms with Gasteiger partial charge in [0.25, 0.3) is 5.09 Å². The number of hydrogen-bond donors (Lipinski definition) is 3. The number of hydrazone groups is 1. The van der Waals surface area contributed by atoms with E-state index in [1.807, 2.05) is 37.3 Å². The molecule has 0 bridgehead atoms. The number of rotatable bonds is 6. The Labute approximate surface area is 133 Å². The highest BCUT2D eigenvalue weighted by atomic mass is 16.9. The molecule has 4 N–H and O–H groups in total. The summed E-state index contributed by atoms with van der Waals surface area (Å²) in [5, 5.41) is 34.8. The first-order valence-electron chi connectivity index (χ1n) is 6.49. The number of nitriles is 1. The van der Waals surface area contributed by atoms with Crippen molar-refractivity contribution in [2.24, 2.45) is 10.8 Å². The molecule has 124 valence electrons. The van der Waals surface area contributed by atoms with E-state index < -0.39 is 5.09 Å². The molecule has 1 aromatic carbocycles. The van der Waals surface area contributed by atoms with Gasteiger partial charge < -0.3 is 15.7 Å². The van der Waals surface area contributed by atoms with E-state index in [1.54, 1.807) is 6.21 Å². The summed E-state index contributed by atoms with van der Waals surface area (Å²) in [5.41, 5.74) is 6.24. The van der Waals surface area contributed by atoms with Gasteiger partial charge >= 0.3 is 0 Å². The van der Waals surface area contributed by atoms with Crippen LogP contribution >= 0.6 is 0 Å². The summed E-state index contributed by atoms with van der Waals surface area (Å²) in [6, 6.07) is 9.40. The van der Waals surface area contributed by atoms with Crippen LogP contribution in [0, 0.1) is 26.9 Å². The minimum Gasteiger partial charge on any atom is -0.494 e. The fourth-order valence-electron chi connectivity index (χ4n) is 1.35. The molecule has 0 unspecified atom stereocenters. The van der Waals surface area contributed by atoms with Crippen LogP contribution in [0.4, 0.5) is 0 Å². The van der Waals surface area contributed by atoms with Crippen molar-refractivity contribution >= 4 is 12.2 Å². The van der Waals surface area contributed by atoms with Crippen molar-refractivity contribution < 1.29 is 15.0 Å². The van der Waals surface area contributed by atoms with Gasteiger partial charge in [-0.05, 0) is 36.8 Å². The average molecular weight is 322 g/mol. The molecule has 0 aromatic heterocycles. The standard InChI is InChI=1S/C13H17N5O.HNO3/c1-2-19-12-6-4-11(5-7-12)10-17-18(13(15)16)9-3-8-14;2-1(3)4/h4-7,10H,2-3,9H2,1H3,(H3,15,16);(H,2,3,4)/b17-10+;. The second-order valence-corrected chi connectivity index (χ2v) is 3.90. The van der Waals surface area contributed by atoms with Gasteiger partial charge in [-0.3, -0.25) is 5.41 Å². The summed E-state index contributed by atoms with van der Waals surface area (Å²) in [7, 11) is 0. The first kappa shape index (κ1) is 19.7. The third kappa shape index (κ3) is 10.1. The Hall–Kier alpha value is -3.35. The average Bonchev–Trinajstić information content (AvgIpc) is 2.48. The van der Waals surface area contributed by atoms with E-state index in [2.05, 4.69) is 5.10 Å². The maximum Gasteiger partial charge on any atom is 0.291 e. The Morgan fingerprint density at radius 2 is 2.17 bits per heavy atom. The second kappa shape index (κ2) is 11.3. The quantitative estimate of drug-likeness (QED) is 0.306. The molecule has 1 aromatic rings. The molecule has 0 saturated carbocycles. The SMILES string of the molecule is CCOc1ccc(/C=N/N(CCC#N)C(=N)N)cc1.O=[N+]([O-])O. The van der Waals surface area contributed by atoms with E-state index >= 15 is 0 Å². The van der Waals surface area contributed by atoms with Crippen LogP contribution in [0.15, 0.2) is 29.4 Å². The largest absolute Gasteiger partial charge is 0.494 e. The summed E-state index contributed by atoms with van der Waals surface area (Å²) in [6.45, 7) is 2.86. The number of nitrogens with two attached hydrogens (primary N) is 1. The van der Waals surface area contributed by atoms with E-state index in [1.165, 1.54) is 5.01 Å². The normalized spacial score (nSPS) is 9.39. The van der Waals surface area contributed by atoms with E-state index in [0.717, 1.165) is 11.3 Å². The zero-order valence-corrected chi connectivity index (χ0v) is 12.5. The zero-order chi connectivity index (χ0) is 17.7. The Balaban J connectivity index is 0.00000108. The van der Waals surface area contributed by atoms with Gasteiger partial charge in [0, 0.05) is 0 Å². The molecule has 0 aliphatic heterocycles. The molecular weight excluding hydrogens is 304 g/mol. The van der Waals surface area contributed by atoms with Gasteiger partial charge in [0.15, 0.2) is 0 Å². The molecule has 0 atom stereocenters. The molecule has 23 heavy (non-hydrogen) atoms. The van der Waals surface area contributed by atoms with Crippen molar-refractivity contribution in [1.82, 2.24) is 5.01 Å². The Morgan fingerprint density at radius 3 is 2.61 bits per heavy atom. The third-order valence-electron chi connectivity index (χ3n) is 2.25. The Morgan fingerprint density at radius 1 is 1.61 bits per heavy atom. The molecule has 0 radical (unpaired) electrons. The molecule has 0 aliphatic carbocycles. The van der Waals surface area contributed by atoms with Crippen molar-refractivity contribution in [3.05, 3.63) is 39.9 Å². The topological polar surface area (TPSA) is 162 Å². The van der Waals surface area contributed by atoms with Crippen molar-refractivity contribution in [2.75, 3.05) is 13.2 Å². The van der Waals surface area contributed by atoms with Crippen LogP contribution in [-0.2, 0) is 0 Å². The van der Waals surface area contributed by atoms with Crippen LogP contribution in [0.25, 0.3) is 0 Å². The molecule has 0 saturated heterocycles. The van der Waals surface area contributed by atoms with Gasteiger partial charge in [0.05, 0.1) is 31.9 Å². The number of ether oxygens (including phenoxy) is 1. The number of nitrogens with zero attached hydrogens (tertiary/aromatic N) is 4. The van der Waals surface area contributed by atoms with Gasteiger partial charge in [-0.25, -0.2) is 5.01 Å².